The molecule has 4 aliphatic carbocycles. The van der Waals surface area contributed by atoms with Gasteiger partial charge in [0.1, 0.15) is 6.54 Å². The van der Waals surface area contributed by atoms with Crippen LogP contribution >= 0.6 is 0 Å². The van der Waals surface area contributed by atoms with Crippen molar-refractivity contribution >= 4 is 28.2 Å². The van der Waals surface area contributed by atoms with Gasteiger partial charge >= 0.3 is 5.69 Å². The fourth-order valence-corrected chi connectivity index (χ4v) is 6.93. The van der Waals surface area contributed by atoms with E-state index in [1.165, 1.54) is 38.5 Å². The number of nitrogens with one attached hydrogen (secondary N) is 3. The molecule has 0 saturated heterocycles. The summed E-state index contributed by atoms with van der Waals surface area (Å²) < 4.78 is 0.951. The molecule has 2 aromatic carbocycles. The number of aromatic amines is 1. The van der Waals surface area contributed by atoms with E-state index in [-0.39, 0.29) is 12.1 Å². The summed E-state index contributed by atoms with van der Waals surface area (Å²) in [5, 5.41) is 7.13. The summed E-state index contributed by atoms with van der Waals surface area (Å²) in [7, 11) is 0. The first-order chi connectivity index (χ1) is 16.0. The number of hydrogen-bond acceptors (Lipinski definition) is 4. The van der Waals surface area contributed by atoms with E-state index in [2.05, 4.69) is 15.6 Å². The number of para-hydroxylation sites is 3. The van der Waals surface area contributed by atoms with Gasteiger partial charge in [0, 0.05) is 5.54 Å². The zero-order valence-corrected chi connectivity index (χ0v) is 18.5. The van der Waals surface area contributed by atoms with Crippen LogP contribution in [0.2, 0.25) is 0 Å². The first-order valence-electron chi connectivity index (χ1n) is 11.9. The average molecular weight is 445 g/mol. The number of benzene rings is 2. The average Bonchev–Trinajstić information content (AvgIpc) is 2.77. The van der Waals surface area contributed by atoms with Crippen molar-refractivity contribution in [2.75, 3.05) is 10.6 Å². The zero-order chi connectivity index (χ0) is 22.6. The second-order valence-electron chi connectivity index (χ2n) is 10.3. The van der Waals surface area contributed by atoms with Crippen LogP contribution in [0.15, 0.2) is 58.1 Å². The summed E-state index contributed by atoms with van der Waals surface area (Å²) in [4.78, 5) is 40.8. The molecule has 0 radical (unpaired) electrons. The molecular weight excluding hydrogens is 416 g/mol. The number of aromatic nitrogens is 2. The predicted octanol–water partition coefficient (Wildman–Crippen LogP) is 3.71. The van der Waals surface area contributed by atoms with Crippen molar-refractivity contribution in [3.8, 4) is 0 Å². The van der Waals surface area contributed by atoms with Gasteiger partial charge in [-0.05, 0) is 80.5 Å². The summed E-state index contributed by atoms with van der Waals surface area (Å²) in [5.74, 6) is 2.05. The Bertz CT molecular complexity index is 1320. The van der Waals surface area contributed by atoms with E-state index in [1.807, 2.05) is 24.3 Å². The van der Waals surface area contributed by atoms with E-state index in [9.17, 15) is 14.4 Å². The Morgan fingerprint density at radius 1 is 0.909 bits per heavy atom. The van der Waals surface area contributed by atoms with Crippen molar-refractivity contribution in [1.29, 1.82) is 0 Å². The number of amides is 1. The van der Waals surface area contributed by atoms with Crippen molar-refractivity contribution in [3.63, 3.8) is 0 Å². The molecule has 0 unspecified atom stereocenters. The molecule has 7 nitrogen and oxygen atoms in total. The van der Waals surface area contributed by atoms with Gasteiger partial charge < -0.3 is 15.6 Å². The Morgan fingerprint density at radius 2 is 1.52 bits per heavy atom. The lowest BCUT2D eigenvalue weighted by molar-refractivity contribution is -0.116. The van der Waals surface area contributed by atoms with E-state index in [0.717, 1.165) is 28.0 Å². The van der Waals surface area contributed by atoms with Crippen LogP contribution in [0.25, 0.3) is 10.9 Å². The molecule has 7 rings (SSSR count). The van der Waals surface area contributed by atoms with E-state index in [4.69, 9.17) is 0 Å². The predicted molar refractivity (Wildman–Crippen MR) is 128 cm³/mol. The quantitative estimate of drug-likeness (QED) is 0.559. The molecule has 3 N–H and O–H groups in total. The number of nitrogens with zero attached hydrogens (tertiary/aromatic N) is 1. The van der Waals surface area contributed by atoms with Gasteiger partial charge in [0.05, 0.1) is 22.3 Å². The molecule has 0 atom stereocenters. The maximum Gasteiger partial charge on any atom is 0.329 e. The highest BCUT2D eigenvalue weighted by Crippen LogP contribution is 2.56. The molecule has 1 amide bonds. The molecular formula is C26H28N4O3. The van der Waals surface area contributed by atoms with Gasteiger partial charge in [-0.3, -0.25) is 14.2 Å². The number of anilines is 2. The van der Waals surface area contributed by atoms with Crippen LogP contribution in [0, 0.1) is 17.8 Å². The standard InChI is InChI=1S/C26H28N4O3/c31-23(15-30-24(32)19-5-1-2-6-20(19)28-25(30)33)27-21-7-3-4-8-22(21)29-26-12-16-9-17(13-26)11-18(10-16)14-26/h1-8,16-18,29H,9-15H2,(H,27,31)(H,28,33). The number of hydrogen-bond donors (Lipinski definition) is 3. The third-order valence-corrected chi connectivity index (χ3v) is 7.83. The van der Waals surface area contributed by atoms with E-state index < -0.39 is 17.2 Å². The number of fused-ring (bicyclic) bond motifs is 1. The Hall–Kier alpha value is -3.35. The van der Waals surface area contributed by atoms with Gasteiger partial charge in [0.15, 0.2) is 0 Å². The van der Waals surface area contributed by atoms with Crippen LogP contribution < -0.4 is 21.9 Å². The van der Waals surface area contributed by atoms with E-state index in [0.29, 0.717) is 16.6 Å². The normalized spacial score (nSPS) is 27.6. The molecule has 0 spiro atoms. The minimum absolute atomic E-state index is 0.113. The smallest absolute Gasteiger partial charge is 0.329 e. The van der Waals surface area contributed by atoms with Gasteiger partial charge in [-0.15, -0.1) is 0 Å². The number of carbonyl (C=O) groups excluding carboxylic acids is 1. The van der Waals surface area contributed by atoms with Gasteiger partial charge in [-0.2, -0.15) is 0 Å². The minimum atomic E-state index is -0.589. The maximum absolute atomic E-state index is 12.9. The van der Waals surface area contributed by atoms with Crippen LogP contribution in [-0.2, 0) is 11.3 Å². The molecule has 33 heavy (non-hydrogen) atoms. The third kappa shape index (κ3) is 3.65. The van der Waals surface area contributed by atoms with Crippen molar-refractivity contribution in [1.82, 2.24) is 9.55 Å². The van der Waals surface area contributed by atoms with Crippen molar-refractivity contribution in [2.45, 2.75) is 50.6 Å². The van der Waals surface area contributed by atoms with E-state index >= 15 is 0 Å². The molecule has 170 valence electrons. The lowest BCUT2D eigenvalue weighted by atomic mass is 9.53. The monoisotopic (exact) mass is 444 g/mol. The molecule has 4 bridgehead atoms. The summed E-state index contributed by atoms with van der Waals surface area (Å²) in [5.41, 5.74) is 1.12. The molecule has 1 aromatic heterocycles. The Labute approximate surface area is 191 Å². The molecule has 3 aromatic rings. The largest absolute Gasteiger partial charge is 0.378 e. The topological polar surface area (TPSA) is 96.0 Å². The summed E-state index contributed by atoms with van der Waals surface area (Å²) in [6.45, 7) is -0.343. The maximum atomic E-state index is 12.9. The molecule has 7 heteroatoms. The van der Waals surface area contributed by atoms with Crippen molar-refractivity contribution in [2.24, 2.45) is 17.8 Å². The van der Waals surface area contributed by atoms with Gasteiger partial charge in [0.25, 0.3) is 5.56 Å². The lowest BCUT2D eigenvalue weighted by Gasteiger charge is -2.57. The fourth-order valence-electron chi connectivity index (χ4n) is 6.93. The van der Waals surface area contributed by atoms with Crippen LogP contribution in [0.3, 0.4) is 0 Å². The highest BCUT2D eigenvalue weighted by Gasteiger charge is 2.51. The highest BCUT2D eigenvalue weighted by molar-refractivity contribution is 5.94. The van der Waals surface area contributed by atoms with Gasteiger partial charge in [0.2, 0.25) is 5.91 Å². The van der Waals surface area contributed by atoms with Gasteiger partial charge in [-0.1, -0.05) is 24.3 Å². The third-order valence-electron chi connectivity index (χ3n) is 7.83. The first kappa shape index (κ1) is 20.3. The summed E-state index contributed by atoms with van der Waals surface area (Å²) in [6.07, 6.45) is 7.70. The fraction of sp³-hybridized carbons (Fsp3) is 0.423. The van der Waals surface area contributed by atoms with Gasteiger partial charge in [-0.25, -0.2) is 4.79 Å². The molecule has 4 aliphatic rings. The summed E-state index contributed by atoms with van der Waals surface area (Å²) >= 11 is 0. The molecule has 0 aliphatic heterocycles. The highest BCUT2D eigenvalue weighted by atomic mass is 16.2. The van der Waals surface area contributed by atoms with Crippen LogP contribution in [0.5, 0.6) is 0 Å². The Balaban J connectivity index is 1.23. The number of rotatable bonds is 5. The van der Waals surface area contributed by atoms with E-state index in [1.54, 1.807) is 24.3 Å². The SMILES string of the molecule is O=C(Cn1c(=O)[nH]c2ccccc2c1=O)Nc1ccccc1NC12CC3CC(CC(C3)C1)C2. The Morgan fingerprint density at radius 3 is 2.21 bits per heavy atom. The minimum Gasteiger partial charge on any atom is -0.378 e. The number of H-pyrrole nitrogens is 1. The van der Waals surface area contributed by atoms with Crippen molar-refractivity contribution < 1.29 is 4.79 Å². The molecule has 4 fully saturated rings. The van der Waals surface area contributed by atoms with Crippen LogP contribution in [0.4, 0.5) is 11.4 Å². The van der Waals surface area contributed by atoms with Crippen molar-refractivity contribution in [3.05, 3.63) is 69.4 Å². The van der Waals surface area contributed by atoms with Crippen LogP contribution in [-0.4, -0.2) is 21.0 Å². The zero-order valence-electron chi connectivity index (χ0n) is 18.5. The summed E-state index contributed by atoms with van der Waals surface area (Å²) in [6, 6.07) is 14.5. The first-order valence-corrected chi connectivity index (χ1v) is 11.9. The number of carbonyl (C=O) groups is 1. The Kier molecular flexibility index (Phi) is 4.67. The van der Waals surface area contributed by atoms with Crippen LogP contribution in [0.1, 0.15) is 38.5 Å². The lowest BCUT2D eigenvalue weighted by Crippen LogP contribution is -2.54. The second kappa shape index (κ2) is 7.61. The second-order valence-corrected chi connectivity index (χ2v) is 10.3. The molecule has 4 saturated carbocycles. The molecule has 1 heterocycles.